The zero-order valence-corrected chi connectivity index (χ0v) is 21.8. The van der Waals surface area contributed by atoms with E-state index in [1.165, 1.54) is 31.3 Å². The zero-order valence-electron chi connectivity index (χ0n) is 21.8. The van der Waals surface area contributed by atoms with Gasteiger partial charge in [0.15, 0.2) is 11.4 Å². The van der Waals surface area contributed by atoms with Crippen molar-refractivity contribution in [3.63, 3.8) is 0 Å². The molecule has 0 spiro atoms. The molecule has 1 fully saturated rings. The fourth-order valence-electron chi connectivity index (χ4n) is 5.46. The van der Waals surface area contributed by atoms with Gasteiger partial charge in [0.1, 0.15) is 23.2 Å². The number of hydrogen-bond acceptors (Lipinski definition) is 5. The molecule has 2 aromatic heterocycles. The monoisotopic (exact) mass is 549 g/mol. The van der Waals surface area contributed by atoms with E-state index in [1.807, 2.05) is 6.07 Å². The van der Waals surface area contributed by atoms with E-state index in [2.05, 4.69) is 20.5 Å². The third-order valence-electron chi connectivity index (χ3n) is 7.45. The van der Waals surface area contributed by atoms with Crippen LogP contribution in [-0.2, 0) is 19.8 Å². The van der Waals surface area contributed by atoms with E-state index in [0.717, 1.165) is 25.5 Å². The van der Waals surface area contributed by atoms with Crippen LogP contribution in [0, 0.1) is 11.7 Å². The van der Waals surface area contributed by atoms with E-state index >= 15 is 0 Å². The summed E-state index contributed by atoms with van der Waals surface area (Å²) in [6.07, 6.45) is 1.66. The molecule has 2 heterocycles. The number of hydrogen-bond donors (Lipinski definition) is 1. The molecule has 0 bridgehead atoms. The maximum atomic E-state index is 14.2. The molecule has 10 heteroatoms. The minimum absolute atomic E-state index is 0.0701. The van der Waals surface area contributed by atoms with Gasteiger partial charge >= 0.3 is 6.18 Å². The Balaban J connectivity index is 1.36. The number of nitrogens with zero attached hydrogens (tertiary/aromatic N) is 4. The van der Waals surface area contributed by atoms with E-state index in [-0.39, 0.29) is 17.0 Å². The van der Waals surface area contributed by atoms with Gasteiger partial charge in [-0.25, -0.2) is 9.37 Å². The lowest BCUT2D eigenvalue weighted by atomic mass is 9.97. The van der Waals surface area contributed by atoms with Gasteiger partial charge in [-0.05, 0) is 78.4 Å². The molecule has 5 aromatic rings. The molecule has 0 aliphatic heterocycles. The summed E-state index contributed by atoms with van der Waals surface area (Å²) < 4.78 is 63.8. The van der Waals surface area contributed by atoms with Crippen LogP contribution in [0.4, 0.5) is 17.6 Å². The van der Waals surface area contributed by atoms with E-state index in [1.54, 1.807) is 41.9 Å². The Kier molecular flexibility index (Phi) is 6.87. The van der Waals surface area contributed by atoms with Gasteiger partial charge in [-0.15, -0.1) is 10.2 Å². The summed E-state index contributed by atoms with van der Waals surface area (Å²) in [5, 5.41) is 11.3. The molecule has 6 nitrogen and oxygen atoms in total. The molecule has 206 valence electrons. The van der Waals surface area contributed by atoms with Crippen LogP contribution in [0.5, 0.6) is 0 Å². The summed E-state index contributed by atoms with van der Waals surface area (Å²) >= 11 is 0. The molecule has 3 aromatic carbocycles. The number of aromatic nitrogens is 4. The second kappa shape index (κ2) is 10.5. The molecule has 40 heavy (non-hydrogen) atoms. The lowest BCUT2D eigenvalue weighted by molar-refractivity contribution is -0.136. The number of alkyl halides is 3. The largest absolute Gasteiger partial charge is 0.435 e. The van der Waals surface area contributed by atoms with Crippen molar-refractivity contribution >= 4 is 11.1 Å². The first kappa shape index (κ1) is 26.2. The van der Waals surface area contributed by atoms with Crippen LogP contribution < -0.4 is 5.32 Å². The smallest absolute Gasteiger partial charge is 0.420 e. The maximum Gasteiger partial charge on any atom is 0.420 e. The van der Waals surface area contributed by atoms with Gasteiger partial charge in [-0.3, -0.25) is 0 Å². The molecule has 1 aliphatic rings. The Morgan fingerprint density at radius 3 is 2.55 bits per heavy atom. The third-order valence-corrected chi connectivity index (χ3v) is 7.45. The molecule has 1 N–H and O–H groups in total. The maximum absolute atomic E-state index is 14.2. The normalized spacial score (nSPS) is 14.4. The molecule has 6 rings (SSSR count). The van der Waals surface area contributed by atoms with Crippen molar-refractivity contribution in [2.45, 2.75) is 38.4 Å². The van der Waals surface area contributed by atoms with Crippen LogP contribution in [0.1, 0.15) is 36.8 Å². The van der Waals surface area contributed by atoms with Gasteiger partial charge in [0.05, 0.1) is 0 Å². The molecule has 0 saturated heterocycles. The number of nitrogens with one attached hydrogen (secondary N) is 1. The average Bonchev–Trinajstić information content (AvgIpc) is 3.69. The number of fused-ring (bicyclic) bond motifs is 1. The topological polar surface area (TPSA) is 68.8 Å². The van der Waals surface area contributed by atoms with Gasteiger partial charge in [-0.1, -0.05) is 31.0 Å². The van der Waals surface area contributed by atoms with Gasteiger partial charge in [-0.2, -0.15) is 13.2 Å². The second-order valence-electron chi connectivity index (χ2n) is 10.3. The van der Waals surface area contributed by atoms with Crippen molar-refractivity contribution in [3.05, 3.63) is 77.9 Å². The molecular weight excluding hydrogens is 522 g/mol. The average molecular weight is 550 g/mol. The number of rotatable bonds is 7. The van der Waals surface area contributed by atoms with Crippen LogP contribution in [-0.4, -0.2) is 26.3 Å². The minimum atomic E-state index is -4.60. The zero-order chi connectivity index (χ0) is 27.9. The highest BCUT2D eigenvalue weighted by molar-refractivity contribution is 5.84. The lowest BCUT2D eigenvalue weighted by Gasteiger charge is -2.12. The predicted octanol–water partition coefficient (Wildman–Crippen LogP) is 7.40. The summed E-state index contributed by atoms with van der Waals surface area (Å²) in [7, 11) is 1.76. The lowest BCUT2D eigenvalue weighted by Crippen LogP contribution is -2.21. The third kappa shape index (κ3) is 5.23. The second-order valence-corrected chi connectivity index (χ2v) is 10.3. The van der Waals surface area contributed by atoms with Crippen molar-refractivity contribution in [1.82, 2.24) is 25.1 Å². The van der Waals surface area contributed by atoms with Crippen LogP contribution in [0.2, 0.25) is 0 Å². The minimum Gasteiger partial charge on any atom is -0.435 e. The number of benzene rings is 3. The molecule has 0 amide bonds. The summed E-state index contributed by atoms with van der Waals surface area (Å²) in [6.45, 7) is 1.11. The summed E-state index contributed by atoms with van der Waals surface area (Å²) in [4.78, 5) is 4.46. The highest BCUT2D eigenvalue weighted by atomic mass is 19.4. The van der Waals surface area contributed by atoms with Crippen molar-refractivity contribution in [3.8, 4) is 34.0 Å². The molecular formula is C30H27F4N5O. The summed E-state index contributed by atoms with van der Waals surface area (Å²) in [5.74, 6) is 0.698. The first-order valence-electron chi connectivity index (χ1n) is 13.2. The van der Waals surface area contributed by atoms with E-state index in [4.69, 9.17) is 4.42 Å². The van der Waals surface area contributed by atoms with Crippen molar-refractivity contribution < 1.29 is 22.0 Å². The quantitative estimate of drug-likeness (QED) is 0.214. The molecule has 1 aliphatic carbocycles. The van der Waals surface area contributed by atoms with E-state index < -0.39 is 17.6 Å². The number of oxazole rings is 1. The Labute approximate surface area is 228 Å². The fraction of sp³-hybridized carbons (Fsp3) is 0.300. The highest BCUT2D eigenvalue weighted by Crippen LogP contribution is 2.39. The van der Waals surface area contributed by atoms with Crippen molar-refractivity contribution in [1.29, 1.82) is 0 Å². The fourth-order valence-corrected chi connectivity index (χ4v) is 5.46. The van der Waals surface area contributed by atoms with Crippen LogP contribution >= 0.6 is 0 Å². The van der Waals surface area contributed by atoms with Gasteiger partial charge in [0.2, 0.25) is 5.89 Å². The summed E-state index contributed by atoms with van der Waals surface area (Å²) in [5.41, 5.74) is 1.92. The van der Waals surface area contributed by atoms with Crippen LogP contribution in [0.25, 0.3) is 45.1 Å². The highest BCUT2D eigenvalue weighted by Gasteiger charge is 2.35. The van der Waals surface area contributed by atoms with Gasteiger partial charge in [0, 0.05) is 24.7 Å². The SMILES string of the molecule is Cn1cnnc1-c1cc(F)ccc1-c1cccc(-c2nc3cc(CNCC4CCCC4)cc(C(F)(F)F)c3o2)c1. The first-order chi connectivity index (χ1) is 19.3. The van der Waals surface area contributed by atoms with Gasteiger partial charge in [0.25, 0.3) is 0 Å². The van der Waals surface area contributed by atoms with Crippen LogP contribution in [0.15, 0.2) is 65.3 Å². The van der Waals surface area contributed by atoms with Gasteiger partial charge < -0.3 is 14.3 Å². The van der Waals surface area contributed by atoms with Crippen LogP contribution in [0.3, 0.4) is 0 Å². The Bertz CT molecular complexity index is 1670. The molecule has 0 unspecified atom stereocenters. The van der Waals surface area contributed by atoms with Crippen molar-refractivity contribution in [2.75, 3.05) is 6.54 Å². The molecule has 0 radical (unpaired) electrons. The first-order valence-corrected chi connectivity index (χ1v) is 13.2. The van der Waals surface area contributed by atoms with E-state index in [9.17, 15) is 17.6 Å². The Morgan fingerprint density at radius 1 is 1.00 bits per heavy atom. The molecule has 1 saturated carbocycles. The number of aryl methyl sites for hydroxylation is 1. The van der Waals surface area contributed by atoms with Crippen molar-refractivity contribution in [2.24, 2.45) is 13.0 Å². The van der Waals surface area contributed by atoms with E-state index in [0.29, 0.717) is 46.1 Å². The molecule has 0 atom stereocenters. The standard InChI is InChI=1S/C30H27F4N5O/c1-39-17-36-38-28(39)24-14-22(31)9-10-23(24)20-7-4-8-21(13-20)29-37-26-12-19(16-35-15-18-5-2-3-6-18)11-25(27(26)40-29)30(32,33)34/h4,7-14,17-18,35H,2-3,5-6,15-16H2,1H3. The predicted molar refractivity (Wildman–Crippen MR) is 144 cm³/mol. The number of halogens is 4. The summed E-state index contributed by atoms with van der Waals surface area (Å²) in [6, 6.07) is 14.2. The Morgan fingerprint density at radius 2 is 1.80 bits per heavy atom. The Hall–Kier alpha value is -4.05.